The van der Waals surface area contributed by atoms with Crippen molar-refractivity contribution in [2.75, 3.05) is 92.9 Å². The molecule has 7 aliphatic heterocycles. The van der Waals surface area contributed by atoms with E-state index in [0.717, 1.165) is 113 Å². The minimum Gasteiger partial charge on any atom is -0.478 e. The minimum atomic E-state index is -0.853. The number of likely N-dealkylation sites (tertiary alicyclic amines) is 2. The Morgan fingerprint density at radius 1 is 0.399 bits per heavy atom. The number of ether oxygens (including phenoxy) is 5. The molecular weight excluding hydrogens is 1870 g/mol. The van der Waals surface area contributed by atoms with Crippen LogP contribution in [0.5, 0.6) is 0 Å². The van der Waals surface area contributed by atoms with Gasteiger partial charge in [-0.05, 0) is 437 Å². The molecule has 15 nitrogen and oxygen atoms in total. The molecule has 3 aromatic rings. The number of benzene rings is 3. The molecule has 3 aromatic carbocycles. The Morgan fingerprint density at radius 3 is 1.05 bits per heavy atom. The van der Waals surface area contributed by atoms with Gasteiger partial charge in [-0.1, -0.05) is 195 Å². The minimum absolute atomic E-state index is 0. The third-order valence-corrected chi connectivity index (χ3v) is 51.1. The maximum atomic E-state index is 12.1. The van der Waals surface area contributed by atoms with Crippen LogP contribution in [-0.4, -0.2) is 184 Å². The number of carbonyl (C=O) groups is 3. The van der Waals surface area contributed by atoms with E-state index >= 15 is 0 Å². The molecule has 0 radical (unpaired) electrons. The van der Waals surface area contributed by atoms with E-state index in [9.17, 15) is 19.5 Å². The van der Waals surface area contributed by atoms with E-state index in [0.29, 0.717) is 144 Å². The summed E-state index contributed by atoms with van der Waals surface area (Å²) in [6.07, 6.45) is 48.8. The normalized spacial score (nSPS) is 45.0. The first kappa shape index (κ1) is 110. The molecule has 148 heavy (non-hydrogen) atoms. The molecule has 6 bridgehead atoms. The molecule has 17 heteroatoms. The topological polar surface area (TPSA) is 163 Å². The van der Waals surface area contributed by atoms with Crippen molar-refractivity contribution < 1.29 is 43.2 Å². The van der Waals surface area contributed by atoms with Gasteiger partial charge in [0.15, 0.2) is 0 Å². The number of carboxylic acid groups (broad SMARTS) is 1. The molecule has 22 aliphatic rings. The standard InChI is InChI=1S/C44H64N2O3.C43H62N2O3.C39H55NO2.C5H9NO.2H2S/c1-28(2)33-15-20-44(45-23-24-46-26-32-25-31(46)27-49-32)22-21-42(6)35(38(33)44)13-14-37-41(5)18-16-34(29-9-11-30(12-10-29)39(47)48-8)40(3,4)36(41)17-19-43(37,42)7;1-27(2)32-14-19-43(44-22-23-45-25-31-24-30(45)26-48-31)21-20-41(6)34(37(32)43)12-13-36-40(5)17-15-33(28-8-10-29(11-9-28)38(46)47)39(3,4)35(40)16-18-42(36,41)7;1-25(2)28-15-20-39(40-23-24-40)22-21-37(6)30(33(28)39)13-14-32-36(5)18-16-29(26-9-11-27(12-10-26)34(41)42-8)35(3,4)31(36)17-19-38(32,37)7;1-4-3-7-5(1)2-6-4;;/h9-12,16,31-33,35-38,45H,1,13-15,17-27H2,2-8H3;8-11,15,30-32,34-37,44H,1,12-14,16-26H2,2-7H3,(H,46,47);9-12,16,28,30-33H,1,13-15,17-24H2,2-8H3;4-6H,1-3H2;2*1H2/t31-,32-,33-,35+,36-,37+,38+,41-,42+,43+,44-;30-,31-,32-,34+,35-,36+,37+,40-,41+,42+,43-;28-,30+,31-,32+,33+,36-,37+,38+,39-;4-,5-;;/m0000../s1. The number of hydrogen-bond acceptors (Lipinski definition) is 14. The van der Waals surface area contributed by atoms with E-state index in [1.807, 2.05) is 36.4 Å². The van der Waals surface area contributed by atoms with Gasteiger partial charge in [-0.2, -0.15) is 27.0 Å². The number of allylic oxidation sites excluding steroid dienone is 9. The number of aromatic carboxylic acids is 1. The van der Waals surface area contributed by atoms with Gasteiger partial charge in [0, 0.05) is 93.6 Å². The number of hydrogen-bond donors (Lipinski definition) is 4. The summed E-state index contributed by atoms with van der Waals surface area (Å²) in [5.74, 6) is 9.29. The zero-order chi connectivity index (χ0) is 103. The van der Waals surface area contributed by atoms with Crippen molar-refractivity contribution in [2.45, 2.75) is 370 Å². The van der Waals surface area contributed by atoms with E-state index < -0.39 is 5.97 Å². The first-order chi connectivity index (χ1) is 69.3. The van der Waals surface area contributed by atoms with Crippen molar-refractivity contribution in [3.63, 3.8) is 0 Å². The molecule has 0 aromatic heterocycles. The molecule has 7 saturated heterocycles. The van der Waals surface area contributed by atoms with E-state index in [2.05, 4.69) is 218 Å². The van der Waals surface area contributed by atoms with Crippen LogP contribution in [0.3, 0.4) is 0 Å². The van der Waals surface area contributed by atoms with Crippen LogP contribution in [0.15, 0.2) is 127 Å². The Labute approximate surface area is 907 Å². The maximum absolute atomic E-state index is 12.1. The fraction of sp³-hybridized carbons (Fsp3) is 0.748. The summed E-state index contributed by atoms with van der Waals surface area (Å²) in [5, 5.41) is 21.5. The Bertz CT molecular complexity index is 5590. The average Bonchev–Trinajstić information content (AvgIpc) is 1.24. The lowest BCUT2D eigenvalue weighted by Gasteiger charge is -2.72. The molecule has 15 aliphatic carbocycles. The van der Waals surface area contributed by atoms with Gasteiger partial charge < -0.3 is 44.7 Å². The SMILES string of the molecule is C1O[C@@H]2CN[C@H]1C2.C=C(C)[C@@H]1CC[C@]2(N3CC3)CC[C@]3(C)[C@H](CC[C@@H]4[C@@]5(C)CC=C(c6ccc(C(=O)OC)cc6)C(C)(C)[C@@H]5CC[C@]43C)[C@@H]12.C=C(C)[C@@H]1CC[C@]2(NCCN3C[C@@H]4C[C@H]3CO4)CC[C@]3(C)[C@H](CC[C@@H]4[C@@]5(C)CC=C(c6ccc(C(=O)O)cc6)C(C)(C)[C@@H]5CC[C@]43C)[C@@H]12.C=C(C)[C@@H]1CC[C@]2(NCCN3C[C@@H]4C[C@H]3CO4)CC[C@]3(C)[C@H](CC[C@@H]4[C@@]5(C)CC=C(c6ccc(C(=O)OC)cc6)C(C)(C)[C@@H]5CC[C@]43C)[C@@H]12.S.S. The fourth-order valence-electron chi connectivity index (χ4n) is 43.6. The van der Waals surface area contributed by atoms with Crippen LogP contribution in [0.2, 0.25) is 0 Å². The largest absolute Gasteiger partial charge is 0.478 e. The van der Waals surface area contributed by atoms with Gasteiger partial charge in [0.05, 0.1) is 69.0 Å². The molecule has 0 unspecified atom stereocenters. The average molecular weight is 2060 g/mol. The highest BCUT2D eigenvalue weighted by Gasteiger charge is 2.76. The Kier molecular flexibility index (Phi) is 29.3. The summed E-state index contributed by atoms with van der Waals surface area (Å²) in [4.78, 5) is 44.1. The van der Waals surface area contributed by atoms with E-state index in [1.165, 1.54) is 264 Å². The second-order valence-electron chi connectivity index (χ2n) is 57.4. The summed E-state index contributed by atoms with van der Waals surface area (Å²) in [6.45, 7) is 73.9. The van der Waals surface area contributed by atoms with Crippen molar-refractivity contribution in [2.24, 2.45) is 154 Å². The fourth-order valence-corrected chi connectivity index (χ4v) is 43.6. The zero-order valence-electron chi connectivity index (χ0n) is 95.2. The number of morpholine rings is 3. The van der Waals surface area contributed by atoms with Gasteiger partial charge in [-0.25, -0.2) is 14.4 Å². The van der Waals surface area contributed by atoms with Crippen molar-refractivity contribution in [3.05, 3.63) is 161 Å². The van der Waals surface area contributed by atoms with Crippen molar-refractivity contribution in [1.82, 2.24) is 30.7 Å². The molecule has 0 amide bonds. The van der Waals surface area contributed by atoms with Gasteiger partial charge in [0.2, 0.25) is 0 Å². The van der Waals surface area contributed by atoms with Crippen LogP contribution < -0.4 is 16.0 Å². The number of fused-ring (bicyclic) bond motifs is 27. The van der Waals surface area contributed by atoms with Crippen LogP contribution >= 0.6 is 27.0 Å². The predicted molar refractivity (Wildman–Crippen MR) is 611 cm³/mol. The number of carbonyl (C=O) groups excluding carboxylic acids is 2. The quantitative estimate of drug-likeness (QED) is 0.0540. The number of rotatable bonds is 18. The summed E-state index contributed by atoms with van der Waals surface area (Å²) >= 11 is 0. The third-order valence-electron chi connectivity index (χ3n) is 51.1. The zero-order valence-corrected chi connectivity index (χ0v) is 97.2. The molecule has 19 fully saturated rings. The van der Waals surface area contributed by atoms with Crippen LogP contribution in [0.4, 0.5) is 0 Å². The number of esters is 2. The second-order valence-corrected chi connectivity index (χ2v) is 57.4. The summed E-state index contributed by atoms with van der Waals surface area (Å²) in [6, 6.07) is 26.0. The maximum Gasteiger partial charge on any atom is 0.337 e. The van der Waals surface area contributed by atoms with Crippen LogP contribution in [0.1, 0.15) is 365 Å². The lowest BCUT2D eigenvalue weighted by atomic mass is 9.33. The Morgan fingerprint density at radius 2 is 0.750 bits per heavy atom. The molecule has 7 heterocycles. The molecular formula is C131H194N6O9S2. The first-order valence-electron chi connectivity index (χ1n) is 59.4. The lowest BCUT2D eigenvalue weighted by Crippen LogP contribution is -2.68. The van der Waals surface area contributed by atoms with Crippen LogP contribution in [-0.2, 0) is 23.7 Å². The predicted octanol–water partition coefficient (Wildman–Crippen LogP) is 27.0. The van der Waals surface area contributed by atoms with Gasteiger partial charge >= 0.3 is 17.9 Å². The molecule has 33 atom stereocenters. The Balaban J connectivity index is 0.000000129. The van der Waals surface area contributed by atoms with E-state index in [4.69, 9.17) is 23.7 Å². The molecule has 814 valence electrons. The molecule has 12 saturated carbocycles. The van der Waals surface area contributed by atoms with Gasteiger partial charge in [-0.15, -0.1) is 0 Å². The lowest BCUT2D eigenvalue weighted by molar-refractivity contribution is -0.223. The van der Waals surface area contributed by atoms with Crippen molar-refractivity contribution in [3.8, 4) is 0 Å². The highest BCUT2D eigenvalue weighted by Crippen LogP contribution is 2.82. The monoisotopic (exact) mass is 2060 g/mol. The number of carboxylic acids is 1. The summed E-state index contributed by atoms with van der Waals surface area (Å²) in [5.41, 5.74) is 18.2. The van der Waals surface area contributed by atoms with Gasteiger partial charge in [0.1, 0.15) is 0 Å². The van der Waals surface area contributed by atoms with E-state index in [-0.39, 0.29) is 77.1 Å². The first-order valence-corrected chi connectivity index (χ1v) is 59.4. The number of methoxy groups -OCH3 is 2. The van der Waals surface area contributed by atoms with Crippen LogP contribution in [0.25, 0.3) is 16.7 Å². The Hall–Kier alpha value is -5.15. The summed E-state index contributed by atoms with van der Waals surface area (Å²) in [7, 11) is 2.91. The van der Waals surface area contributed by atoms with Gasteiger partial charge in [-0.3, -0.25) is 14.7 Å². The second kappa shape index (κ2) is 39.5. The van der Waals surface area contributed by atoms with E-state index in [1.54, 1.807) is 12.1 Å². The third kappa shape index (κ3) is 17.0. The highest BCUT2D eigenvalue weighted by molar-refractivity contribution is 7.59. The van der Waals surface area contributed by atoms with Crippen LogP contribution in [0, 0.1) is 154 Å². The molecule has 25 rings (SSSR count). The molecule has 4 N–H and O–H groups in total. The molecule has 0 spiro atoms. The van der Waals surface area contributed by atoms with Crippen molar-refractivity contribution in [1.29, 1.82) is 0 Å². The van der Waals surface area contributed by atoms with Crippen molar-refractivity contribution >= 4 is 61.6 Å². The highest BCUT2D eigenvalue weighted by atomic mass is 32.1. The number of nitrogens with one attached hydrogen (secondary N) is 3. The number of nitrogens with zero attached hydrogens (tertiary/aromatic N) is 3. The van der Waals surface area contributed by atoms with Gasteiger partial charge in [0.25, 0.3) is 0 Å². The summed E-state index contributed by atoms with van der Waals surface area (Å²) < 4.78 is 27.0. The smallest absolute Gasteiger partial charge is 0.337 e.